The number of carbonyl (C=O) groups is 3. The third-order valence-electron chi connectivity index (χ3n) is 9.96. The molecule has 0 radical (unpaired) electrons. The Kier molecular flexibility index (Phi) is 5.18. The lowest BCUT2D eigenvalue weighted by Gasteiger charge is -2.65. The number of esters is 2. The molecule has 3 aliphatic carbocycles. The van der Waals surface area contributed by atoms with Gasteiger partial charge in [0.1, 0.15) is 11.9 Å². The number of furan rings is 1. The summed E-state index contributed by atoms with van der Waals surface area (Å²) in [5.74, 6) is -1.72. The number of aliphatic hydroxyl groups excluding tert-OH is 1. The summed E-state index contributed by atoms with van der Waals surface area (Å²) in [5.41, 5.74) is -0.0462. The molecule has 1 aromatic rings. The minimum absolute atomic E-state index is 0.0343. The molecule has 2 unspecified atom stereocenters. The minimum atomic E-state index is -0.877. The molecule has 8 atom stereocenters. The molecule has 184 valence electrons. The van der Waals surface area contributed by atoms with E-state index in [1.54, 1.807) is 18.6 Å². The van der Waals surface area contributed by atoms with Crippen molar-refractivity contribution in [1.29, 1.82) is 0 Å². The molecule has 0 spiro atoms. The fourth-order valence-corrected chi connectivity index (χ4v) is 8.16. The lowest BCUT2D eigenvalue weighted by atomic mass is 9.38. The molecule has 0 amide bonds. The van der Waals surface area contributed by atoms with Gasteiger partial charge >= 0.3 is 11.9 Å². The second-order valence-corrected chi connectivity index (χ2v) is 11.7. The first-order chi connectivity index (χ1) is 16.0. The Bertz CT molecular complexity index is 1050. The summed E-state index contributed by atoms with van der Waals surface area (Å²) in [6.45, 7) is 8.03. The zero-order valence-electron chi connectivity index (χ0n) is 20.5. The van der Waals surface area contributed by atoms with E-state index in [2.05, 4.69) is 6.92 Å². The predicted octanol–water partition coefficient (Wildman–Crippen LogP) is 4.01. The number of hydrogen-bond donors (Lipinski definition) is 1. The molecule has 34 heavy (non-hydrogen) atoms. The van der Waals surface area contributed by atoms with Crippen LogP contribution in [0.15, 0.2) is 34.7 Å². The van der Waals surface area contributed by atoms with Crippen LogP contribution in [-0.2, 0) is 23.9 Å². The normalized spacial score (nSPS) is 42.7. The first kappa shape index (κ1) is 23.3. The molecule has 0 aromatic carbocycles. The van der Waals surface area contributed by atoms with Gasteiger partial charge in [-0.15, -0.1) is 0 Å². The Morgan fingerprint density at radius 1 is 1.21 bits per heavy atom. The van der Waals surface area contributed by atoms with Gasteiger partial charge in [-0.3, -0.25) is 9.59 Å². The van der Waals surface area contributed by atoms with Crippen LogP contribution in [-0.4, -0.2) is 36.0 Å². The van der Waals surface area contributed by atoms with Crippen molar-refractivity contribution in [3.8, 4) is 0 Å². The molecule has 0 saturated heterocycles. The van der Waals surface area contributed by atoms with E-state index in [1.807, 2.05) is 26.8 Å². The van der Waals surface area contributed by atoms with E-state index < -0.39 is 40.3 Å². The SMILES string of the molecule is COC(=O)C[C@H]1C(C)(C)[C@@H](O)[C@H]2CC3C4=CC(=O)O[C@@H](c5ccoc5)[C@]4(C)CCC3[C@@]1(C)C2=O. The van der Waals surface area contributed by atoms with Crippen LogP contribution in [0.25, 0.3) is 0 Å². The van der Waals surface area contributed by atoms with Crippen LogP contribution in [0.5, 0.6) is 0 Å². The molecule has 2 bridgehead atoms. The number of ketones is 1. The first-order valence-corrected chi connectivity index (χ1v) is 12.2. The summed E-state index contributed by atoms with van der Waals surface area (Å²) in [6, 6.07) is 1.83. The van der Waals surface area contributed by atoms with Crippen molar-refractivity contribution in [1.82, 2.24) is 0 Å². The zero-order valence-corrected chi connectivity index (χ0v) is 20.5. The molecule has 7 nitrogen and oxygen atoms in total. The van der Waals surface area contributed by atoms with Crippen molar-refractivity contribution in [2.45, 2.75) is 65.6 Å². The average Bonchev–Trinajstić information content (AvgIpc) is 3.32. The highest BCUT2D eigenvalue weighted by atomic mass is 16.5. The lowest BCUT2D eigenvalue weighted by molar-refractivity contribution is -0.200. The molecule has 1 aliphatic heterocycles. The molecule has 1 aromatic heterocycles. The quantitative estimate of drug-likeness (QED) is 0.666. The van der Waals surface area contributed by atoms with E-state index in [4.69, 9.17) is 13.9 Å². The number of carbonyl (C=O) groups excluding carboxylic acids is 3. The maximum absolute atomic E-state index is 13.9. The van der Waals surface area contributed by atoms with E-state index in [1.165, 1.54) is 7.11 Å². The van der Waals surface area contributed by atoms with Gasteiger partial charge in [0, 0.05) is 34.8 Å². The van der Waals surface area contributed by atoms with Crippen molar-refractivity contribution in [3.63, 3.8) is 0 Å². The topological polar surface area (TPSA) is 103 Å². The molecule has 1 N–H and O–H groups in total. The molecular weight excluding hydrogens is 436 g/mol. The Hall–Kier alpha value is -2.41. The Labute approximate surface area is 199 Å². The number of rotatable bonds is 3. The van der Waals surface area contributed by atoms with E-state index in [9.17, 15) is 19.5 Å². The largest absolute Gasteiger partial charge is 0.472 e. The van der Waals surface area contributed by atoms with Gasteiger partial charge in [-0.2, -0.15) is 0 Å². The van der Waals surface area contributed by atoms with Crippen molar-refractivity contribution < 1.29 is 33.4 Å². The average molecular weight is 471 g/mol. The molecular formula is C27H34O7. The molecule has 5 rings (SSSR count). The van der Waals surface area contributed by atoms with Crippen LogP contribution < -0.4 is 0 Å². The monoisotopic (exact) mass is 470 g/mol. The first-order valence-electron chi connectivity index (χ1n) is 12.2. The molecule has 2 heterocycles. The Balaban J connectivity index is 1.61. The summed E-state index contributed by atoms with van der Waals surface area (Å²) in [7, 11) is 1.35. The number of aliphatic hydroxyl groups is 1. The number of methoxy groups -OCH3 is 1. The summed E-state index contributed by atoms with van der Waals surface area (Å²) in [5, 5.41) is 11.4. The number of ether oxygens (including phenoxy) is 2. The van der Waals surface area contributed by atoms with E-state index in [0.29, 0.717) is 6.42 Å². The van der Waals surface area contributed by atoms with E-state index >= 15 is 0 Å². The lowest BCUT2D eigenvalue weighted by Crippen LogP contribution is -2.67. The van der Waals surface area contributed by atoms with Crippen molar-refractivity contribution >= 4 is 17.7 Å². The van der Waals surface area contributed by atoms with Crippen LogP contribution in [0, 0.1) is 39.9 Å². The van der Waals surface area contributed by atoms with Gasteiger partial charge in [-0.25, -0.2) is 4.79 Å². The van der Waals surface area contributed by atoms with Gasteiger partial charge in [0.25, 0.3) is 0 Å². The van der Waals surface area contributed by atoms with Crippen LogP contribution in [0.3, 0.4) is 0 Å². The maximum Gasteiger partial charge on any atom is 0.331 e. The number of fused-ring (bicyclic) bond motifs is 6. The van der Waals surface area contributed by atoms with Gasteiger partial charge in [0.05, 0.1) is 25.7 Å². The Morgan fingerprint density at radius 2 is 1.94 bits per heavy atom. The van der Waals surface area contributed by atoms with Gasteiger partial charge in [-0.05, 0) is 54.1 Å². The van der Waals surface area contributed by atoms with Gasteiger partial charge in [-0.1, -0.05) is 27.7 Å². The summed E-state index contributed by atoms with van der Waals surface area (Å²) < 4.78 is 16.1. The van der Waals surface area contributed by atoms with Crippen LogP contribution in [0.1, 0.15) is 65.0 Å². The molecule has 3 saturated carbocycles. The zero-order chi connectivity index (χ0) is 24.6. The third-order valence-corrected chi connectivity index (χ3v) is 9.96. The molecule has 4 aliphatic rings. The summed E-state index contributed by atoms with van der Waals surface area (Å²) in [4.78, 5) is 39.1. The highest BCUT2D eigenvalue weighted by Gasteiger charge is 2.69. The number of cyclic esters (lactones) is 1. The van der Waals surface area contributed by atoms with Crippen molar-refractivity contribution in [2.75, 3.05) is 7.11 Å². The predicted molar refractivity (Wildman–Crippen MR) is 121 cm³/mol. The van der Waals surface area contributed by atoms with Gasteiger partial charge in [0.2, 0.25) is 0 Å². The third kappa shape index (κ3) is 2.95. The highest BCUT2D eigenvalue weighted by molar-refractivity contribution is 5.91. The molecule has 3 fully saturated rings. The molecule has 7 heteroatoms. The van der Waals surface area contributed by atoms with Crippen LogP contribution in [0.4, 0.5) is 0 Å². The fourth-order valence-electron chi connectivity index (χ4n) is 8.16. The van der Waals surface area contributed by atoms with Crippen molar-refractivity contribution in [2.24, 2.45) is 39.9 Å². The van der Waals surface area contributed by atoms with Gasteiger partial charge in [0.15, 0.2) is 0 Å². The van der Waals surface area contributed by atoms with Crippen LogP contribution >= 0.6 is 0 Å². The smallest absolute Gasteiger partial charge is 0.331 e. The fraction of sp³-hybridized carbons (Fsp3) is 0.667. The van der Waals surface area contributed by atoms with E-state index in [-0.39, 0.29) is 35.9 Å². The second-order valence-electron chi connectivity index (χ2n) is 11.7. The Morgan fingerprint density at radius 3 is 2.59 bits per heavy atom. The standard InChI is InChI=1S/C27H34O7/c1-25(2)19(12-20(28)32-5)27(4)17-6-8-26(3)18(15(17)10-16(22(25)30)23(27)31)11-21(29)34-24(26)14-7-9-33-13-14/h7,9,11,13,15-17,19,22,24,30H,6,8,10,12H2,1-5H3/t15?,16-,17?,19+,22+,24+,26-,27-/m1/s1. The van der Waals surface area contributed by atoms with E-state index in [0.717, 1.165) is 24.0 Å². The minimum Gasteiger partial charge on any atom is -0.472 e. The van der Waals surface area contributed by atoms with Gasteiger partial charge < -0.3 is 19.0 Å². The number of Topliss-reactive ketones (excluding diaryl/α,β-unsaturated/α-hetero) is 1. The highest BCUT2D eigenvalue weighted by Crippen LogP contribution is 2.68. The summed E-state index contributed by atoms with van der Waals surface area (Å²) >= 11 is 0. The maximum atomic E-state index is 13.9. The number of hydrogen-bond acceptors (Lipinski definition) is 7. The second kappa shape index (κ2) is 7.54. The van der Waals surface area contributed by atoms with Crippen LogP contribution in [0.2, 0.25) is 0 Å². The van der Waals surface area contributed by atoms with Crippen molar-refractivity contribution in [3.05, 3.63) is 35.8 Å². The summed E-state index contributed by atoms with van der Waals surface area (Å²) in [6.07, 6.45) is 5.57.